The summed E-state index contributed by atoms with van der Waals surface area (Å²) in [4.78, 5) is 21.4. The fourth-order valence-electron chi connectivity index (χ4n) is 1.62. The van der Waals surface area contributed by atoms with Crippen LogP contribution in [0.2, 0.25) is 0 Å². The number of carbonyl (C=O) groups excluding carboxylic acids is 1. The number of hydrogen-bond acceptors (Lipinski definition) is 5. The highest BCUT2D eigenvalue weighted by Gasteiger charge is 2.20. The van der Waals surface area contributed by atoms with Crippen LogP contribution in [0.25, 0.3) is 0 Å². The fraction of sp³-hybridized carbons (Fsp3) is 0.462. The number of amides is 1. The van der Waals surface area contributed by atoms with Crippen molar-refractivity contribution in [1.82, 2.24) is 5.32 Å². The highest BCUT2D eigenvalue weighted by atomic mass is 16.6. The van der Waals surface area contributed by atoms with E-state index in [0.29, 0.717) is 25.4 Å². The molecule has 7 nitrogen and oxygen atoms in total. The van der Waals surface area contributed by atoms with E-state index in [0.717, 1.165) is 6.42 Å². The molecule has 1 amide bonds. The van der Waals surface area contributed by atoms with Gasteiger partial charge in [-0.05, 0) is 18.6 Å². The van der Waals surface area contributed by atoms with Gasteiger partial charge in [0.2, 0.25) is 5.91 Å². The molecular formula is C13H19N3O4. The second-order valence-corrected chi connectivity index (χ2v) is 4.17. The summed E-state index contributed by atoms with van der Waals surface area (Å²) in [6.45, 7) is 4.57. The number of anilines is 1. The molecule has 0 aromatic heterocycles. The zero-order valence-electron chi connectivity index (χ0n) is 11.6. The van der Waals surface area contributed by atoms with Gasteiger partial charge in [0, 0.05) is 20.0 Å². The van der Waals surface area contributed by atoms with E-state index in [1.165, 1.54) is 6.92 Å². The van der Waals surface area contributed by atoms with E-state index < -0.39 is 4.92 Å². The molecule has 0 bridgehead atoms. The number of para-hydroxylation sites is 1. The van der Waals surface area contributed by atoms with Crippen LogP contribution in [0.1, 0.15) is 20.3 Å². The van der Waals surface area contributed by atoms with Gasteiger partial charge in [-0.2, -0.15) is 0 Å². The highest BCUT2D eigenvalue weighted by molar-refractivity contribution is 5.73. The van der Waals surface area contributed by atoms with E-state index in [2.05, 4.69) is 10.6 Å². The number of nitrogens with one attached hydrogen (secondary N) is 2. The largest absolute Gasteiger partial charge is 0.487 e. The van der Waals surface area contributed by atoms with Crippen LogP contribution < -0.4 is 15.4 Å². The van der Waals surface area contributed by atoms with Crippen molar-refractivity contribution in [3.8, 4) is 5.75 Å². The number of hydrogen-bond donors (Lipinski definition) is 2. The molecule has 7 heteroatoms. The van der Waals surface area contributed by atoms with Crippen molar-refractivity contribution in [3.05, 3.63) is 28.3 Å². The first-order valence-corrected chi connectivity index (χ1v) is 6.44. The minimum Gasteiger partial charge on any atom is -0.487 e. The molecule has 0 aliphatic rings. The summed E-state index contributed by atoms with van der Waals surface area (Å²) in [5, 5.41) is 16.7. The predicted octanol–water partition coefficient (Wildman–Crippen LogP) is 1.93. The molecule has 2 N–H and O–H groups in total. The Kier molecular flexibility index (Phi) is 6.28. The molecule has 1 rings (SSSR count). The number of benzene rings is 1. The number of ether oxygens (including phenoxy) is 1. The maximum atomic E-state index is 11.2. The van der Waals surface area contributed by atoms with E-state index in [1.807, 2.05) is 6.92 Å². The molecule has 0 radical (unpaired) electrons. The second-order valence-electron chi connectivity index (χ2n) is 4.17. The van der Waals surface area contributed by atoms with E-state index in [9.17, 15) is 14.9 Å². The topological polar surface area (TPSA) is 93.5 Å². The van der Waals surface area contributed by atoms with Gasteiger partial charge in [-0.25, -0.2) is 0 Å². The van der Waals surface area contributed by atoms with Crippen LogP contribution in [-0.4, -0.2) is 30.5 Å². The average molecular weight is 281 g/mol. The number of nitrogens with zero attached hydrogens (tertiary/aromatic N) is 1. The van der Waals surface area contributed by atoms with Crippen molar-refractivity contribution >= 4 is 17.3 Å². The normalized spacial score (nSPS) is 9.90. The molecule has 1 aromatic carbocycles. The molecule has 1 aromatic rings. The zero-order valence-corrected chi connectivity index (χ0v) is 11.6. The fourth-order valence-corrected chi connectivity index (χ4v) is 1.62. The van der Waals surface area contributed by atoms with Gasteiger partial charge in [0.1, 0.15) is 5.69 Å². The van der Waals surface area contributed by atoms with Gasteiger partial charge >= 0.3 is 5.69 Å². The number of carbonyl (C=O) groups is 1. The summed E-state index contributed by atoms with van der Waals surface area (Å²) in [5.41, 5.74) is 0.303. The van der Waals surface area contributed by atoms with Crippen molar-refractivity contribution in [2.24, 2.45) is 0 Å². The summed E-state index contributed by atoms with van der Waals surface area (Å²) in [6, 6.07) is 4.89. The Morgan fingerprint density at radius 3 is 2.75 bits per heavy atom. The van der Waals surface area contributed by atoms with E-state index in [-0.39, 0.29) is 17.3 Å². The van der Waals surface area contributed by atoms with Crippen LogP contribution in [0.3, 0.4) is 0 Å². The lowest BCUT2D eigenvalue weighted by atomic mass is 10.2. The van der Waals surface area contributed by atoms with E-state index >= 15 is 0 Å². The molecule has 0 heterocycles. The van der Waals surface area contributed by atoms with Gasteiger partial charge in [-0.15, -0.1) is 0 Å². The SMILES string of the molecule is CCCOc1cccc(NCCNC(C)=O)c1[N+](=O)[O-]. The molecule has 0 spiro atoms. The van der Waals surface area contributed by atoms with Gasteiger partial charge < -0.3 is 15.4 Å². The molecular weight excluding hydrogens is 262 g/mol. The van der Waals surface area contributed by atoms with E-state index in [1.54, 1.807) is 18.2 Å². The average Bonchev–Trinajstić information content (AvgIpc) is 2.40. The molecule has 0 saturated heterocycles. The van der Waals surface area contributed by atoms with Crippen LogP contribution in [0.4, 0.5) is 11.4 Å². The van der Waals surface area contributed by atoms with Crippen molar-refractivity contribution in [2.75, 3.05) is 25.0 Å². The monoisotopic (exact) mass is 281 g/mol. The van der Waals surface area contributed by atoms with Crippen molar-refractivity contribution in [2.45, 2.75) is 20.3 Å². The lowest BCUT2D eigenvalue weighted by Gasteiger charge is -2.11. The van der Waals surface area contributed by atoms with Gasteiger partial charge in [0.25, 0.3) is 0 Å². The molecule has 0 aliphatic heterocycles. The third kappa shape index (κ3) is 4.75. The van der Waals surface area contributed by atoms with Gasteiger partial charge in [0.05, 0.1) is 11.5 Å². The van der Waals surface area contributed by atoms with Crippen LogP contribution in [0, 0.1) is 10.1 Å². The van der Waals surface area contributed by atoms with Crippen LogP contribution >= 0.6 is 0 Å². The quantitative estimate of drug-likeness (QED) is 0.431. The Hall–Kier alpha value is -2.31. The molecule has 110 valence electrons. The van der Waals surface area contributed by atoms with Crippen LogP contribution in [-0.2, 0) is 4.79 Å². The zero-order chi connectivity index (χ0) is 15.0. The first-order valence-electron chi connectivity index (χ1n) is 6.44. The Bertz CT molecular complexity index is 477. The predicted molar refractivity (Wildman–Crippen MR) is 76.1 cm³/mol. The van der Waals surface area contributed by atoms with Gasteiger partial charge in [-0.3, -0.25) is 14.9 Å². The molecule has 20 heavy (non-hydrogen) atoms. The summed E-state index contributed by atoms with van der Waals surface area (Å²) >= 11 is 0. The number of rotatable bonds is 8. The Balaban J connectivity index is 2.78. The standard InChI is InChI=1S/C13H19N3O4/c1-3-9-20-12-6-4-5-11(13(12)16(18)19)15-8-7-14-10(2)17/h4-6,15H,3,7-9H2,1-2H3,(H,14,17). The smallest absolute Gasteiger partial charge is 0.333 e. The minimum absolute atomic E-state index is 0.0798. The maximum Gasteiger partial charge on any atom is 0.333 e. The Morgan fingerprint density at radius 1 is 1.40 bits per heavy atom. The molecule has 0 atom stereocenters. The number of nitro groups is 1. The number of nitro benzene ring substituents is 1. The van der Waals surface area contributed by atoms with E-state index in [4.69, 9.17) is 4.74 Å². The summed E-state index contributed by atoms with van der Waals surface area (Å²) in [6.07, 6.45) is 0.775. The first-order chi connectivity index (χ1) is 9.56. The van der Waals surface area contributed by atoms with Gasteiger partial charge in [-0.1, -0.05) is 13.0 Å². The molecule has 0 saturated carbocycles. The van der Waals surface area contributed by atoms with Crippen molar-refractivity contribution in [3.63, 3.8) is 0 Å². The molecule has 0 aliphatic carbocycles. The van der Waals surface area contributed by atoms with Crippen LogP contribution in [0.15, 0.2) is 18.2 Å². The van der Waals surface area contributed by atoms with Gasteiger partial charge in [0.15, 0.2) is 5.75 Å². The summed E-state index contributed by atoms with van der Waals surface area (Å²) in [7, 11) is 0. The Labute approximate surface area is 117 Å². The summed E-state index contributed by atoms with van der Waals surface area (Å²) in [5.74, 6) is 0.114. The lowest BCUT2D eigenvalue weighted by Crippen LogP contribution is -2.26. The minimum atomic E-state index is -0.467. The van der Waals surface area contributed by atoms with Crippen molar-refractivity contribution in [1.29, 1.82) is 0 Å². The first kappa shape index (κ1) is 15.7. The molecule has 0 fully saturated rings. The highest BCUT2D eigenvalue weighted by Crippen LogP contribution is 2.34. The van der Waals surface area contributed by atoms with Crippen molar-refractivity contribution < 1.29 is 14.5 Å². The lowest BCUT2D eigenvalue weighted by molar-refractivity contribution is -0.385. The second kappa shape index (κ2) is 7.98. The Morgan fingerprint density at radius 2 is 2.15 bits per heavy atom. The molecule has 0 unspecified atom stereocenters. The van der Waals surface area contributed by atoms with Crippen LogP contribution in [0.5, 0.6) is 5.75 Å². The third-order valence-corrected chi connectivity index (χ3v) is 2.46. The maximum absolute atomic E-state index is 11.2. The summed E-state index contributed by atoms with van der Waals surface area (Å²) < 4.78 is 5.38. The third-order valence-electron chi connectivity index (χ3n) is 2.46.